The maximum atomic E-state index is 11.0. The van der Waals surface area contributed by atoms with Crippen LogP contribution in [0.2, 0.25) is 0 Å². The third kappa shape index (κ3) is 6.72. The largest absolute Gasteiger partial charge is 0.726 e. The lowest BCUT2D eigenvalue weighted by molar-refractivity contribution is -0.926. The summed E-state index contributed by atoms with van der Waals surface area (Å²) in [5.74, 6) is 0.459. The molecule has 102 valence electrons. The Kier molecular flexibility index (Phi) is 6.84. The number of likely N-dealkylation sites (tertiary alicyclic amines) is 1. The number of carbonyl (C=O) groups is 1. The average molecular weight is 267 g/mol. The highest BCUT2D eigenvalue weighted by Gasteiger charge is 2.29. The first-order chi connectivity index (χ1) is 7.78. The van der Waals surface area contributed by atoms with Gasteiger partial charge in [0.25, 0.3) is 0 Å². The van der Waals surface area contributed by atoms with Crippen LogP contribution in [0.1, 0.15) is 26.7 Å². The summed E-state index contributed by atoms with van der Waals surface area (Å²) in [4.78, 5) is 11.0. The van der Waals surface area contributed by atoms with Gasteiger partial charge in [-0.05, 0) is 13.8 Å². The third-order valence-electron chi connectivity index (χ3n) is 3.28. The average Bonchev–Trinajstić information content (AvgIpc) is 2.31. The molecular formula is C10H21NO5S. The second-order valence-corrected chi connectivity index (χ2v) is 5.18. The SMILES string of the molecule is CC[N+]1(CC)CCC(=O)CC1.COS(=O)(=O)[O-]. The fraction of sp³-hybridized carbons (Fsp3) is 0.900. The van der Waals surface area contributed by atoms with Crippen LogP contribution in [0.5, 0.6) is 0 Å². The molecule has 1 rings (SSSR count). The number of piperidine rings is 1. The van der Waals surface area contributed by atoms with Crippen LogP contribution < -0.4 is 0 Å². The minimum absolute atomic E-state index is 0.459. The second kappa shape index (κ2) is 7.05. The molecule has 0 aromatic carbocycles. The van der Waals surface area contributed by atoms with Gasteiger partial charge >= 0.3 is 0 Å². The zero-order chi connectivity index (χ0) is 13.5. The van der Waals surface area contributed by atoms with E-state index in [1.165, 1.54) is 13.1 Å². The molecule has 0 atom stereocenters. The van der Waals surface area contributed by atoms with Crippen molar-refractivity contribution in [1.82, 2.24) is 0 Å². The van der Waals surface area contributed by atoms with Crippen LogP contribution in [0.3, 0.4) is 0 Å². The molecule has 1 aliphatic rings. The predicted molar refractivity (Wildman–Crippen MR) is 62.0 cm³/mol. The van der Waals surface area contributed by atoms with E-state index in [-0.39, 0.29) is 0 Å². The highest BCUT2D eigenvalue weighted by molar-refractivity contribution is 7.80. The maximum absolute atomic E-state index is 11.0. The van der Waals surface area contributed by atoms with Crippen molar-refractivity contribution in [3.8, 4) is 0 Å². The molecule has 1 aliphatic heterocycles. The Labute approximate surface area is 103 Å². The van der Waals surface area contributed by atoms with Gasteiger partial charge in [-0.3, -0.25) is 8.98 Å². The van der Waals surface area contributed by atoms with Crippen molar-refractivity contribution in [3.05, 3.63) is 0 Å². The van der Waals surface area contributed by atoms with E-state index >= 15 is 0 Å². The fourth-order valence-corrected chi connectivity index (χ4v) is 1.82. The molecule has 0 N–H and O–H groups in total. The van der Waals surface area contributed by atoms with Crippen LogP contribution in [0.15, 0.2) is 0 Å². The minimum Gasteiger partial charge on any atom is -0.726 e. The van der Waals surface area contributed by atoms with Crippen LogP contribution in [0.25, 0.3) is 0 Å². The van der Waals surface area contributed by atoms with Crippen molar-refractivity contribution in [3.63, 3.8) is 0 Å². The lowest BCUT2D eigenvalue weighted by Crippen LogP contribution is -2.52. The van der Waals surface area contributed by atoms with Gasteiger partial charge in [0.2, 0.25) is 10.4 Å². The normalized spacial score (nSPS) is 19.4. The number of quaternary nitrogens is 1. The standard InChI is InChI=1S/C9H18NO.CH4O4S/c1-3-10(4-2)7-5-9(11)6-8-10;1-5-6(2,3)4/h3-8H2,1-2H3;1H3,(H,2,3,4)/q+1;/p-1. The van der Waals surface area contributed by atoms with E-state index in [1.54, 1.807) is 0 Å². The fourth-order valence-electron chi connectivity index (χ4n) is 1.82. The smallest absolute Gasteiger partial charge is 0.217 e. The Hall–Kier alpha value is -0.500. The van der Waals surface area contributed by atoms with Crippen LogP contribution in [-0.2, 0) is 19.4 Å². The molecule has 0 aromatic rings. The van der Waals surface area contributed by atoms with Gasteiger partial charge in [-0.15, -0.1) is 0 Å². The summed E-state index contributed by atoms with van der Waals surface area (Å²) < 4.78 is 32.2. The summed E-state index contributed by atoms with van der Waals surface area (Å²) in [5, 5.41) is 0. The minimum atomic E-state index is -4.41. The lowest BCUT2D eigenvalue weighted by atomic mass is 10.1. The molecule has 0 aromatic heterocycles. The summed E-state index contributed by atoms with van der Waals surface area (Å²) in [6.45, 7) is 8.96. The van der Waals surface area contributed by atoms with E-state index in [4.69, 9.17) is 0 Å². The van der Waals surface area contributed by atoms with Gasteiger partial charge in [0.1, 0.15) is 5.78 Å². The predicted octanol–water partition coefficient (Wildman–Crippen LogP) is 0.299. The van der Waals surface area contributed by atoms with Crippen molar-refractivity contribution in [2.45, 2.75) is 26.7 Å². The Balaban J connectivity index is 0.000000366. The van der Waals surface area contributed by atoms with Crippen LogP contribution >= 0.6 is 0 Å². The van der Waals surface area contributed by atoms with Crippen molar-refractivity contribution in [1.29, 1.82) is 0 Å². The monoisotopic (exact) mass is 267 g/mol. The molecule has 0 aliphatic carbocycles. The first kappa shape index (κ1) is 16.5. The zero-order valence-electron chi connectivity index (χ0n) is 10.6. The van der Waals surface area contributed by atoms with E-state index in [0.717, 1.165) is 37.5 Å². The molecule has 0 bridgehead atoms. The first-order valence-corrected chi connectivity index (χ1v) is 7.00. The molecule has 0 unspecified atom stereocenters. The molecule has 0 spiro atoms. The van der Waals surface area contributed by atoms with E-state index in [2.05, 4.69) is 18.0 Å². The molecule has 1 saturated heterocycles. The molecule has 0 radical (unpaired) electrons. The van der Waals surface area contributed by atoms with Gasteiger partial charge < -0.3 is 9.04 Å². The van der Waals surface area contributed by atoms with Crippen molar-refractivity contribution in [2.24, 2.45) is 0 Å². The van der Waals surface area contributed by atoms with Crippen LogP contribution in [0, 0.1) is 0 Å². The van der Waals surface area contributed by atoms with Gasteiger partial charge in [-0.1, -0.05) is 0 Å². The van der Waals surface area contributed by atoms with Crippen LogP contribution in [0.4, 0.5) is 0 Å². The van der Waals surface area contributed by atoms with E-state index in [1.807, 2.05) is 0 Å². The molecule has 1 heterocycles. The number of ketones is 1. The third-order valence-corrected chi connectivity index (χ3v) is 3.68. The summed E-state index contributed by atoms with van der Waals surface area (Å²) in [7, 11) is -3.60. The zero-order valence-corrected chi connectivity index (χ0v) is 11.5. The van der Waals surface area contributed by atoms with Gasteiger partial charge in [0.05, 0.1) is 46.1 Å². The van der Waals surface area contributed by atoms with Crippen molar-refractivity contribution >= 4 is 16.2 Å². The number of hydrogen-bond acceptors (Lipinski definition) is 5. The molecule has 6 nitrogen and oxygen atoms in total. The van der Waals surface area contributed by atoms with Crippen molar-refractivity contribution < 1.29 is 26.4 Å². The van der Waals surface area contributed by atoms with Gasteiger partial charge in [-0.25, -0.2) is 8.42 Å². The van der Waals surface area contributed by atoms with Crippen molar-refractivity contribution in [2.75, 3.05) is 33.3 Å². The molecular weight excluding hydrogens is 246 g/mol. The Morgan fingerprint density at radius 3 is 1.82 bits per heavy atom. The Bertz CT molecular complexity index is 323. The molecule has 7 heteroatoms. The van der Waals surface area contributed by atoms with Gasteiger partial charge in [0, 0.05) is 0 Å². The number of Topliss-reactive ketones (excluding diaryl/α,β-unsaturated/α-hetero) is 1. The second-order valence-electron chi connectivity index (χ2n) is 4.03. The molecule has 1 fully saturated rings. The first-order valence-electron chi connectivity index (χ1n) is 5.67. The Morgan fingerprint density at radius 2 is 1.59 bits per heavy atom. The summed E-state index contributed by atoms with van der Waals surface area (Å²) >= 11 is 0. The van der Waals surface area contributed by atoms with Gasteiger partial charge in [-0.2, -0.15) is 0 Å². The summed E-state index contributed by atoms with van der Waals surface area (Å²) in [6.07, 6.45) is 1.61. The number of nitrogens with zero attached hydrogens (tertiary/aromatic N) is 1. The van der Waals surface area contributed by atoms with E-state index in [9.17, 15) is 17.8 Å². The van der Waals surface area contributed by atoms with E-state index < -0.39 is 10.4 Å². The quantitative estimate of drug-likeness (QED) is 0.417. The highest BCUT2D eigenvalue weighted by Crippen LogP contribution is 2.15. The molecule has 0 amide bonds. The molecule has 0 saturated carbocycles. The topological polar surface area (TPSA) is 83.5 Å². The number of carbonyl (C=O) groups excluding carboxylic acids is 1. The summed E-state index contributed by atoms with van der Waals surface area (Å²) in [6, 6.07) is 0. The number of rotatable bonds is 3. The summed E-state index contributed by atoms with van der Waals surface area (Å²) in [5.41, 5.74) is 0. The lowest BCUT2D eigenvalue weighted by Gasteiger charge is -2.39. The number of hydrogen-bond donors (Lipinski definition) is 0. The van der Waals surface area contributed by atoms with Gasteiger partial charge in [0.15, 0.2) is 0 Å². The van der Waals surface area contributed by atoms with E-state index in [0.29, 0.717) is 5.78 Å². The molecule has 17 heavy (non-hydrogen) atoms. The van der Waals surface area contributed by atoms with Crippen LogP contribution in [-0.4, -0.2) is 56.5 Å². The Morgan fingerprint density at radius 1 is 1.24 bits per heavy atom. The maximum Gasteiger partial charge on any atom is 0.217 e. The highest BCUT2D eigenvalue weighted by atomic mass is 32.3.